The van der Waals surface area contributed by atoms with Gasteiger partial charge in [-0.05, 0) is 103 Å². The van der Waals surface area contributed by atoms with Gasteiger partial charge >= 0.3 is 0 Å². The second kappa shape index (κ2) is 10.1. The Bertz CT molecular complexity index is 1310. The summed E-state index contributed by atoms with van der Waals surface area (Å²) in [6.07, 6.45) is 0. The molecule has 0 bridgehead atoms. The molecule has 0 heterocycles. The van der Waals surface area contributed by atoms with Crippen LogP contribution in [0.2, 0.25) is 0 Å². The third-order valence-corrected chi connectivity index (χ3v) is 4.56. The number of aryl methyl sites for hydroxylation is 1. The Labute approximate surface area is 190 Å². The summed E-state index contributed by atoms with van der Waals surface area (Å²) >= 11 is 0. The highest BCUT2D eigenvalue weighted by Crippen LogP contribution is 2.28. The van der Waals surface area contributed by atoms with Crippen molar-refractivity contribution in [2.45, 2.75) is 6.92 Å². The van der Waals surface area contributed by atoms with Crippen molar-refractivity contribution in [2.24, 2.45) is 30.7 Å². The van der Waals surface area contributed by atoms with E-state index in [1.54, 1.807) is 60.7 Å². The molecule has 0 fully saturated rings. The molecule has 0 unspecified atom stereocenters. The molecular formula is C25H20N6O2. The zero-order chi connectivity index (χ0) is 23.0. The van der Waals surface area contributed by atoms with Crippen molar-refractivity contribution in [3.63, 3.8) is 0 Å². The van der Waals surface area contributed by atoms with E-state index in [4.69, 9.17) is 0 Å². The van der Waals surface area contributed by atoms with E-state index < -0.39 is 0 Å². The molecule has 8 nitrogen and oxygen atoms in total. The number of rotatable bonds is 6. The second-order valence-corrected chi connectivity index (χ2v) is 7.12. The van der Waals surface area contributed by atoms with Gasteiger partial charge in [0.05, 0.1) is 34.1 Å². The summed E-state index contributed by atoms with van der Waals surface area (Å²) in [7, 11) is 0. The van der Waals surface area contributed by atoms with Crippen LogP contribution in [0.15, 0.2) is 122 Å². The van der Waals surface area contributed by atoms with Crippen LogP contribution >= 0.6 is 0 Å². The number of azo groups is 3. The van der Waals surface area contributed by atoms with Gasteiger partial charge in [0.2, 0.25) is 0 Å². The van der Waals surface area contributed by atoms with Gasteiger partial charge in [-0.3, -0.25) is 0 Å². The number of aromatic hydroxyl groups is 2. The van der Waals surface area contributed by atoms with E-state index in [2.05, 4.69) is 30.7 Å². The highest BCUT2D eigenvalue weighted by molar-refractivity contribution is 5.54. The van der Waals surface area contributed by atoms with Crippen molar-refractivity contribution in [3.05, 3.63) is 96.6 Å². The van der Waals surface area contributed by atoms with Gasteiger partial charge in [-0.2, -0.15) is 30.7 Å². The molecular weight excluding hydrogens is 416 g/mol. The number of hydrogen-bond donors (Lipinski definition) is 2. The summed E-state index contributed by atoms with van der Waals surface area (Å²) in [6.45, 7) is 1.93. The van der Waals surface area contributed by atoms with E-state index in [1.165, 1.54) is 0 Å². The Morgan fingerprint density at radius 1 is 0.424 bits per heavy atom. The van der Waals surface area contributed by atoms with E-state index in [0.29, 0.717) is 28.4 Å². The standard InChI is InChI=1S/C25H20N6O2/c1-17-16-22(30-28-21-8-13-24(33)14-9-21)10-15-25(17)31-29-19-4-2-18(3-5-19)26-27-20-6-11-23(32)12-7-20/h2-16,32-33H,1H3. The first-order valence-corrected chi connectivity index (χ1v) is 10.1. The normalized spacial score (nSPS) is 11.7. The smallest absolute Gasteiger partial charge is 0.115 e. The van der Waals surface area contributed by atoms with Crippen LogP contribution in [0.1, 0.15) is 5.56 Å². The molecule has 4 aromatic rings. The molecule has 0 aliphatic rings. The summed E-state index contributed by atoms with van der Waals surface area (Å²) in [4.78, 5) is 0. The molecule has 8 heteroatoms. The van der Waals surface area contributed by atoms with E-state index in [1.807, 2.05) is 37.3 Å². The van der Waals surface area contributed by atoms with Crippen LogP contribution < -0.4 is 0 Å². The lowest BCUT2D eigenvalue weighted by Gasteiger charge is -2.00. The number of nitrogens with zero attached hydrogens (tertiary/aromatic N) is 6. The summed E-state index contributed by atoms with van der Waals surface area (Å²) < 4.78 is 0. The van der Waals surface area contributed by atoms with Crippen LogP contribution in [-0.2, 0) is 0 Å². The fraction of sp³-hybridized carbons (Fsp3) is 0.0400. The molecule has 0 aromatic heterocycles. The van der Waals surface area contributed by atoms with Gasteiger partial charge < -0.3 is 10.2 Å². The number of phenolic OH excluding ortho intramolecular Hbond substituents is 2. The van der Waals surface area contributed by atoms with Gasteiger partial charge in [0.15, 0.2) is 0 Å². The summed E-state index contributed by atoms with van der Waals surface area (Å²) in [5, 5.41) is 43.9. The number of benzene rings is 4. The maximum Gasteiger partial charge on any atom is 0.115 e. The van der Waals surface area contributed by atoms with Crippen LogP contribution in [0, 0.1) is 6.92 Å². The Morgan fingerprint density at radius 2 is 0.758 bits per heavy atom. The average Bonchev–Trinajstić information content (AvgIpc) is 2.83. The second-order valence-electron chi connectivity index (χ2n) is 7.12. The Balaban J connectivity index is 1.40. The van der Waals surface area contributed by atoms with Crippen molar-refractivity contribution in [1.29, 1.82) is 0 Å². The summed E-state index contributed by atoms with van der Waals surface area (Å²) in [5.74, 6) is 0.375. The lowest BCUT2D eigenvalue weighted by molar-refractivity contribution is 0.475. The molecule has 0 spiro atoms. The molecule has 2 N–H and O–H groups in total. The van der Waals surface area contributed by atoms with Crippen LogP contribution in [0.25, 0.3) is 0 Å². The third kappa shape index (κ3) is 6.14. The van der Waals surface area contributed by atoms with E-state index in [9.17, 15) is 10.2 Å². The lowest BCUT2D eigenvalue weighted by atomic mass is 10.2. The molecule has 0 saturated heterocycles. The Morgan fingerprint density at radius 3 is 1.18 bits per heavy atom. The topological polar surface area (TPSA) is 115 Å². The van der Waals surface area contributed by atoms with Crippen molar-refractivity contribution >= 4 is 34.1 Å². The maximum absolute atomic E-state index is 9.32. The molecule has 4 aromatic carbocycles. The first-order valence-electron chi connectivity index (χ1n) is 10.1. The van der Waals surface area contributed by atoms with Gasteiger partial charge in [0.25, 0.3) is 0 Å². The summed E-state index contributed by atoms with van der Waals surface area (Å²) in [5.41, 5.74) is 5.02. The monoisotopic (exact) mass is 436 g/mol. The quantitative estimate of drug-likeness (QED) is 0.294. The molecule has 0 amide bonds. The van der Waals surface area contributed by atoms with Gasteiger partial charge in [0, 0.05) is 0 Å². The number of phenols is 2. The fourth-order valence-corrected chi connectivity index (χ4v) is 2.78. The van der Waals surface area contributed by atoms with Crippen LogP contribution in [0.3, 0.4) is 0 Å². The molecule has 4 rings (SSSR count). The predicted octanol–water partition coefficient (Wildman–Crippen LogP) is 8.65. The Hall–Kier alpha value is -4.72. The molecule has 0 aliphatic heterocycles. The highest BCUT2D eigenvalue weighted by Gasteiger charge is 2.00. The Kier molecular flexibility index (Phi) is 6.56. The van der Waals surface area contributed by atoms with Crippen molar-refractivity contribution < 1.29 is 10.2 Å². The van der Waals surface area contributed by atoms with Crippen molar-refractivity contribution in [2.75, 3.05) is 0 Å². The maximum atomic E-state index is 9.32. The highest BCUT2D eigenvalue weighted by atomic mass is 16.3. The fourth-order valence-electron chi connectivity index (χ4n) is 2.78. The first-order chi connectivity index (χ1) is 16.0. The lowest BCUT2D eigenvalue weighted by Crippen LogP contribution is -1.74. The number of hydrogen-bond acceptors (Lipinski definition) is 8. The van der Waals surface area contributed by atoms with Gasteiger partial charge in [-0.1, -0.05) is 0 Å². The minimum absolute atomic E-state index is 0.187. The molecule has 33 heavy (non-hydrogen) atoms. The molecule has 0 aliphatic carbocycles. The molecule has 0 atom stereocenters. The van der Waals surface area contributed by atoms with E-state index >= 15 is 0 Å². The van der Waals surface area contributed by atoms with Gasteiger partial charge in [0.1, 0.15) is 11.5 Å². The average molecular weight is 436 g/mol. The molecule has 162 valence electrons. The third-order valence-electron chi connectivity index (χ3n) is 4.56. The zero-order valence-corrected chi connectivity index (χ0v) is 17.7. The van der Waals surface area contributed by atoms with Crippen molar-refractivity contribution in [1.82, 2.24) is 0 Å². The zero-order valence-electron chi connectivity index (χ0n) is 17.7. The first kappa shape index (κ1) is 21.5. The predicted molar refractivity (Wildman–Crippen MR) is 126 cm³/mol. The van der Waals surface area contributed by atoms with Crippen molar-refractivity contribution in [3.8, 4) is 11.5 Å². The summed E-state index contributed by atoms with van der Waals surface area (Å²) in [6, 6.07) is 25.8. The largest absolute Gasteiger partial charge is 0.508 e. The SMILES string of the molecule is Cc1cc(N=Nc2ccc(O)cc2)ccc1N=Nc1ccc(N=Nc2ccc(O)cc2)cc1. The van der Waals surface area contributed by atoms with Crippen LogP contribution in [0.5, 0.6) is 11.5 Å². The van der Waals surface area contributed by atoms with E-state index in [-0.39, 0.29) is 11.5 Å². The molecule has 0 radical (unpaired) electrons. The van der Waals surface area contributed by atoms with Gasteiger partial charge in [-0.15, -0.1) is 0 Å². The minimum atomic E-state index is 0.187. The van der Waals surface area contributed by atoms with Crippen LogP contribution in [-0.4, -0.2) is 10.2 Å². The minimum Gasteiger partial charge on any atom is -0.508 e. The molecule has 0 saturated carbocycles. The van der Waals surface area contributed by atoms with E-state index in [0.717, 1.165) is 11.3 Å². The van der Waals surface area contributed by atoms with Gasteiger partial charge in [-0.25, -0.2) is 0 Å². The van der Waals surface area contributed by atoms with Crippen LogP contribution in [0.4, 0.5) is 34.1 Å².